The van der Waals surface area contributed by atoms with Crippen molar-refractivity contribution in [2.24, 2.45) is 35.2 Å². The van der Waals surface area contributed by atoms with E-state index in [1.807, 2.05) is 0 Å². The summed E-state index contributed by atoms with van der Waals surface area (Å²) >= 11 is 0. The molecule has 0 aromatic carbocycles. The molecular formula is C35H44N18O6Pt. The molecule has 0 fully saturated rings. The summed E-state index contributed by atoms with van der Waals surface area (Å²) in [6.45, 7) is -0.475. The van der Waals surface area contributed by atoms with Crippen LogP contribution in [-0.4, -0.2) is 86.6 Å². The van der Waals surface area contributed by atoms with Crippen molar-refractivity contribution in [3.8, 4) is 0 Å². The first-order valence-corrected chi connectivity index (χ1v) is 16.9. The zero-order valence-corrected chi connectivity index (χ0v) is 35.2. The molecule has 0 saturated carbocycles. The molecule has 6 aromatic rings. The summed E-state index contributed by atoms with van der Waals surface area (Å²) in [5.41, 5.74) is 17.0. The van der Waals surface area contributed by atoms with Crippen LogP contribution < -0.4 is 31.9 Å². The SMILES string of the molecule is Cn1cc(NC(=O)c2cc(NC(=O)c3nccn3C)cn2C)cc1C(=O)NC[NH-].Cn1cc(NC(=O)c2nccn2C)cc1C(=O)Nc1c[nH]c(C(=O)NC[NH-])c1.[NH2-].[NH2-].[Pt+4]. The van der Waals surface area contributed by atoms with Gasteiger partial charge < -0.3 is 83.5 Å². The van der Waals surface area contributed by atoms with E-state index in [0.717, 1.165) is 0 Å². The van der Waals surface area contributed by atoms with Gasteiger partial charge in [-0.1, -0.05) is 13.3 Å². The topological polar surface area (TPSA) is 355 Å². The van der Waals surface area contributed by atoms with Crippen LogP contribution in [0.3, 0.4) is 0 Å². The molecule has 0 bridgehead atoms. The number of nitrogens with one attached hydrogen (secondary N) is 9. The van der Waals surface area contributed by atoms with E-state index in [4.69, 9.17) is 11.5 Å². The van der Waals surface area contributed by atoms with E-state index in [2.05, 4.69) is 46.9 Å². The number of carbonyl (C=O) groups is 6. The molecule has 6 amide bonds. The Morgan fingerprint density at radius 1 is 0.533 bits per heavy atom. The zero-order valence-electron chi connectivity index (χ0n) is 32.9. The molecule has 0 atom stereocenters. The van der Waals surface area contributed by atoms with Crippen LogP contribution in [0.15, 0.2) is 73.8 Å². The second-order valence-electron chi connectivity index (χ2n) is 12.4. The minimum atomic E-state index is -0.436. The standard InChI is InChI=1S/C18H21N8O3.C17H19N8O3.2H2N.Pt/c1-24-5-4-20-15(24)18(29)23-12-7-14(26(3)9-12)17(28)22-11-6-13(25(2)8-11)16(27)21-10-19;1-24-4-3-19-14(24)17(28)23-11-6-13(25(2)8-11)16(27)22-10-5-12(20-7-10)15(26)21-9-18;;;/h4-9,19H,10H2,1-3H3,(H,21,27)(H,22,28)(H,23,29);3-8,18,20H,9H2,1-2H3,(H,21,26)(H,22,27)(H,23,28);2*1H2;/q4*-1;+4. The van der Waals surface area contributed by atoms with Gasteiger partial charge in [-0.3, -0.25) is 28.8 Å². The van der Waals surface area contributed by atoms with Crippen molar-refractivity contribution >= 4 is 58.2 Å². The number of aromatic amines is 1. The molecule has 60 heavy (non-hydrogen) atoms. The minimum Gasteiger partial charge on any atom is -0.693 e. The van der Waals surface area contributed by atoms with Crippen LogP contribution in [-0.2, 0) is 56.3 Å². The van der Waals surface area contributed by atoms with Crippen molar-refractivity contribution in [2.75, 3.05) is 34.6 Å². The molecule has 0 spiro atoms. The van der Waals surface area contributed by atoms with Crippen molar-refractivity contribution in [1.82, 2.24) is 48.4 Å². The number of nitrogens with two attached hydrogens (primary N) is 2. The average molecular weight is 1010 g/mol. The van der Waals surface area contributed by atoms with Gasteiger partial charge in [0.05, 0.1) is 22.7 Å². The first-order valence-electron chi connectivity index (χ1n) is 16.9. The molecule has 25 heteroatoms. The Hall–Kier alpha value is -7.11. The van der Waals surface area contributed by atoms with Crippen LogP contribution in [0.2, 0.25) is 0 Å². The molecule has 6 heterocycles. The largest absolute Gasteiger partial charge is 4.00 e. The van der Waals surface area contributed by atoms with E-state index in [-0.39, 0.29) is 75.9 Å². The second-order valence-corrected chi connectivity index (χ2v) is 12.4. The number of imidazole rings is 2. The number of carbonyl (C=O) groups excluding carboxylic acids is 6. The molecule has 6 aromatic heterocycles. The Morgan fingerprint density at radius 3 is 1.28 bits per heavy atom. The number of aryl methyl sites for hydroxylation is 5. The molecular weight excluding hydrogens is 964 g/mol. The van der Waals surface area contributed by atoms with Gasteiger partial charge >= 0.3 is 21.1 Å². The van der Waals surface area contributed by atoms with Crippen LogP contribution in [0, 0.1) is 0 Å². The van der Waals surface area contributed by atoms with Gasteiger partial charge in [-0.15, -0.1) is 0 Å². The summed E-state index contributed by atoms with van der Waals surface area (Å²) in [5.74, 6) is -1.92. The normalized spacial score (nSPS) is 10.1. The van der Waals surface area contributed by atoms with Crippen molar-refractivity contribution in [3.05, 3.63) is 132 Å². The van der Waals surface area contributed by atoms with Gasteiger partial charge in [-0.05, 0) is 24.3 Å². The smallest absolute Gasteiger partial charge is 0.693 e. The first-order chi connectivity index (χ1) is 27.2. The molecule has 0 aliphatic heterocycles. The van der Waals surface area contributed by atoms with E-state index < -0.39 is 23.6 Å². The number of nitrogens with zero attached hydrogens (tertiary/aromatic N) is 7. The Bertz CT molecular complexity index is 2450. The third-order valence-electron chi connectivity index (χ3n) is 8.22. The van der Waals surface area contributed by atoms with Crippen LogP contribution in [0.25, 0.3) is 23.8 Å². The maximum Gasteiger partial charge on any atom is 4.00 e. The van der Waals surface area contributed by atoms with E-state index >= 15 is 0 Å². The van der Waals surface area contributed by atoms with Crippen molar-refractivity contribution in [2.45, 2.75) is 0 Å². The van der Waals surface area contributed by atoms with Gasteiger partial charge in [-0.2, -0.15) is 0 Å². The van der Waals surface area contributed by atoms with E-state index in [9.17, 15) is 28.8 Å². The molecule has 0 unspecified atom stereocenters. The summed E-state index contributed by atoms with van der Waals surface area (Å²) < 4.78 is 7.90. The maximum absolute atomic E-state index is 12.6. The number of aromatic nitrogens is 8. The van der Waals surface area contributed by atoms with Gasteiger partial charge in [0.1, 0.15) is 22.8 Å². The fourth-order valence-corrected chi connectivity index (χ4v) is 5.45. The van der Waals surface area contributed by atoms with E-state index in [1.54, 1.807) is 95.1 Å². The number of anilines is 4. The Balaban J connectivity index is 0.000000394. The summed E-state index contributed by atoms with van der Waals surface area (Å²) in [7, 11) is 8.45. The molecule has 0 saturated heterocycles. The van der Waals surface area contributed by atoms with Gasteiger partial charge in [0, 0.05) is 84.8 Å². The van der Waals surface area contributed by atoms with Crippen LogP contribution >= 0.6 is 0 Å². The number of H-pyrrole nitrogens is 1. The van der Waals surface area contributed by atoms with Crippen molar-refractivity contribution in [3.63, 3.8) is 0 Å². The Morgan fingerprint density at radius 2 is 0.900 bits per heavy atom. The third kappa shape index (κ3) is 11.7. The Kier molecular flexibility index (Phi) is 17.6. The molecule has 24 nitrogen and oxygen atoms in total. The summed E-state index contributed by atoms with van der Waals surface area (Å²) in [5, 5.41) is 15.5. The third-order valence-corrected chi connectivity index (χ3v) is 8.22. The summed E-state index contributed by atoms with van der Waals surface area (Å²) in [6, 6.07) is 6.08. The number of hydrogen-bond acceptors (Lipinski definition) is 8. The average Bonchev–Trinajstić information content (AvgIpc) is 4.02. The minimum absolute atomic E-state index is 0. The van der Waals surface area contributed by atoms with Gasteiger partial charge in [0.2, 0.25) is 0 Å². The first kappa shape index (κ1) is 49.0. The van der Waals surface area contributed by atoms with Gasteiger partial charge in [0.25, 0.3) is 35.4 Å². The van der Waals surface area contributed by atoms with Gasteiger partial charge in [0.15, 0.2) is 11.6 Å². The molecule has 320 valence electrons. The summed E-state index contributed by atoms with van der Waals surface area (Å²) in [6.07, 6.45) is 12.7. The quantitative estimate of drug-likeness (QED) is 0.0933. The van der Waals surface area contributed by atoms with Crippen molar-refractivity contribution in [1.29, 1.82) is 0 Å². The number of amides is 6. The molecule has 0 radical (unpaired) electrons. The van der Waals surface area contributed by atoms with E-state index in [1.165, 1.54) is 36.8 Å². The fraction of sp³-hybridized carbons (Fsp3) is 0.200. The molecule has 13 N–H and O–H groups in total. The fourth-order valence-electron chi connectivity index (χ4n) is 5.45. The number of hydrogen-bond donors (Lipinski definition) is 7. The number of rotatable bonds is 12. The summed E-state index contributed by atoms with van der Waals surface area (Å²) in [4.78, 5) is 83.9. The molecule has 0 aliphatic rings. The van der Waals surface area contributed by atoms with Crippen LogP contribution in [0.4, 0.5) is 22.7 Å². The molecule has 6 rings (SSSR count). The van der Waals surface area contributed by atoms with E-state index in [0.29, 0.717) is 39.8 Å². The Labute approximate surface area is 357 Å². The van der Waals surface area contributed by atoms with Crippen molar-refractivity contribution < 1.29 is 49.8 Å². The second kappa shape index (κ2) is 21.6. The molecule has 0 aliphatic carbocycles. The monoisotopic (exact) mass is 1010 g/mol. The maximum atomic E-state index is 12.6. The van der Waals surface area contributed by atoms with Crippen LogP contribution in [0.1, 0.15) is 63.2 Å². The predicted molar refractivity (Wildman–Crippen MR) is 219 cm³/mol. The van der Waals surface area contributed by atoms with Crippen LogP contribution in [0.5, 0.6) is 0 Å². The zero-order chi connectivity index (χ0) is 41.4. The predicted octanol–water partition coefficient (Wildman–Crippen LogP) is 4.10. The van der Waals surface area contributed by atoms with Gasteiger partial charge in [-0.25, -0.2) is 9.97 Å².